The van der Waals surface area contributed by atoms with Gasteiger partial charge in [0.1, 0.15) is 5.75 Å². The van der Waals surface area contributed by atoms with Gasteiger partial charge in [-0.15, -0.1) is 0 Å². The van der Waals surface area contributed by atoms with Crippen LogP contribution in [0.2, 0.25) is 0 Å². The smallest absolute Gasteiger partial charge is 0.208 e. The zero-order chi connectivity index (χ0) is 14.1. The number of fused-ring (bicyclic) bond motifs is 1. The van der Waals surface area contributed by atoms with Gasteiger partial charge in [-0.25, -0.2) is 0 Å². The van der Waals surface area contributed by atoms with Gasteiger partial charge in [-0.1, -0.05) is 26.0 Å². The van der Waals surface area contributed by atoms with E-state index in [1.165, 1.54) is 11.1 Å². The molecule has 1 aliphatic heterocycles. The van der Waals surface area contributed by atoms with Crippen LogP contribution < -0.4 is 4.74 Å². The van der Waals surface area contributed by atoms with Crippen LogP contribution in [0, 0.1) is 18.3 Å². The molecule has 0 saturated carbocycles. The van der Waals surface area contributed by atoms with E-state index in [2.05, 4.69) is 45.0 Å². The van der Waals surface area contributed by atoms with Crippen LogP contribution in [0.25, 0.3) is 0 Å². The van der Waals surface area contributed by atoms with Crippen LogP contribution in [-0.4, -0.2) is 12.4 Å². The van der Waals surface area contributed by atoms with E-state index < -0.39 is 5.79 Å². The Morgan fingerprint density at radius 3 is 2.79 bits per heavy atom. The lowest BCUT2D eigenvalue weighted by Gasteiger charge is -2.43. The van der Waals surface area contributed by atoms with Gasteiger partial charge in [0.05, 0.1) is 19.1 Å². The average Bonchev–Trinajstić information content (AvgIpc) is 2.26. The molecule has 0 aliphatic carbocycles. The molecule has 0 N–H and O–H groups in total. The third kappa shape index (κ3) is 2.90. The number of benzene rings is 1. The number of ether oxygens (including phenoxy) is 2. The van der Waals surface area contributed by atoms with Gasteiger partial charge < -0.3 is 9.47 Å². The summed E-state index contributed by atoms with van der Waals surface area (Å²) in [6.07, 6.45) is 1.17. The first kappa shape index (κ1) is 13.9. The maximum atomic E-state index is 8.61. The quantitative estimate of drug-likeness (QED) is 0.777. The van der Waals surface area contributed by atoms with Gasteiger partial charge in [0.2, 0.25) is 5.79 Å². The Balaban J connectivity index is 2.28. The second-order valence-corrected chi connectivity index (χ2v) is 6.05. The second-order valence-electron chi connectivity index (χ2n) is 6.05. The highest BCUT2D eigenvalue weighted by Gasteiger charge is 2.42. The first-order valence-electron chi connectivity index (χ1n) is 6.67. The number of hydrogen-bond acceptors (Lipinski definition) is 3. The molecular weight excluding hydrogens is 238 g/mol. The van der Waals surface area contributed by atoms with Crippen molar-refractivity contribution in [3.8, 4) is 11.8 Å². The monoisotopic (exact) mass is 259 g/mol. The number of nitriles is 1. The normalized spacial score (nSPS) is 24.2. The third-order valence-electron chi connectivity index (χ3n) is 3.58. The fraction of sp³-hybridized carbons (Fsp3) is 0.562. The molecular formula is C16H21NO2. The molecule has 0 spiro atoms. The summed E-state index contributed by atoms with van der Waals surface area (Å²) in [5.41, 5.74) is 2.40. The van der Waals surface area contributed by atoms with E-state index in [0.717, 1.165) is 12.2 Å². The molecule has 3 nitrogen and oxygen atoms in total. The summed E-state index contributed by atoms with van der Waals surface area (Å²) in [7, 11) is 0. The van der Waals surface area contributed by atoms with Gasteiger partial charge in [0, 0.05) is 18.9 Å². The van der Waals surface area contributed by atoms with Crippen molar-refractivity contribution in [1.29, 1.82) is 5.26 Å². The van der Waals surface area contributed by atoms with E-state index >= 15 is 0 Å². The van der Waals surface area contributed by atoms with Crippen molar-refractivity contribution in [2.24, 2.45) is 0 Å². The molecule has 0 fully saturated rings. The summed E-state index contributed by atoms with van der Waals surface area (Å²) < 4.78 is 11.8. The Morgan fingerprint density at radius 1 is 1.37 bits per heavy atom. The third-order valence-corrected chi connectivity index (χ3v) is 3.58. The Bertz CT molecular complexity index is 516. The van der Waals surface area contributed by atoms with Crippen LogP contribution in [-0.2, 0) is 10.2 Å². The zero-order valence-electron chi connectivity index (χ0n) is 12.1. The lowest BCUT2D eigenvalue weighted by Crippen LogP contribution is -2.46. The Hall–Kier alpha value is -1.53. The van der Waals surface area contributed by atoms with Gasteiger partial charge in [0.15, 0.2) is 0 Å². The minimum Gasteiger partial charge on any atom is -0.462 e. The van der Waals surface area contributed by atoms with E-state index in [9.17, 15) is 0 Å². The zero-order valence-corrected chi connectivity index (χ0v) is 12.1. The Labute approximate surface area is 115 Å². The molecule has 0 amide bonds. The van der Waals surface area contributed by atoms with Crippen LogP contribution in [0.4, 0.5) is 0 Å². The van der Waals surface area contributed by atoms with Crippen molar-refractivity contribution in [2.45, 2.75) is 51.7 Å². The molecule has 0 radical (unpaired) electrons. The second kappa shape index (κ2) is 4.86. The first-order valence-corrected chi connectivity index (χ1v) is 6.67. The van der Waals surface area contributed by atoms with Crippen molar-refractivity contribution in [2.75, 3.05) is 6.61 Å². The van der Waals surface area contributed by atoms with Crippen LogP contribution in [0.1, 0.15) is 44.7 Å². The van der Waals surface area contributed by atoms with Crippen LogP contribution in [0.3, 0.4) is 0 Å². The minimum absolute atomic E-state index is 0.00266. The molecule has 1 heterocycles. The summed E-state index contributed by atoms with van der Waals surface area (Å²) in [4.78, 5) is 0. The number of nitrogens with zero attached hydrogens (tertiary/aromatic N) is 1. The molecule has 1 atom stereocenters. The maximum Gasteiger partial charge on any atom is 0.208 e. The van der Waals surface area contributed by atoms with Crippen molar-refractivity contribution >= 4 is 0 Å². The standard InChI is InChI=1S/C16H21NO2/c1-12-6-7-13-14(10-12)19-16(4,11-15(13,2)3)18-9-5-8-17/h6-7,10H,5,9,11H2,1-4H3. The fourth-order valence-corrected chi connectivity index (χ4v) is 2.83. The van der Waals surface area contributed by atoms with Gasteiger partial charge in [-0.2, -0.15) is 5.26 Å². The maximum absolute atomic E-state index is 8.61. The summed E-state index contributed by atoms with van der Waals surface area (Å²) in [5, 5.41) is 8.61. The molecule has 2 rings (SSSR count). The predicted molar refractivity (Wildman–Crippen MR) is 74.0 cm³/mol. The molecule has 0 bridgehead atoms. The van der Waals surface area contributed by atoms with Crippen molar-refractivity contribution in [3.05, 3.63) is 29.3 Å². The van der Waals surface area contributed by atoms with Crippen LogP contribution >= 0.6 is 0 Å². The van der Waals surface area contributed by atoms with E-state index in [0.29, 0.717) is 13.0 Å². The van der Waals surface area contributed by atoms with E-state index in [1.807, 2.05) is 6.92 Å². The van der Waals surface area contributed by atoms with Crippen molar-refractivity contribution < 1.29 is 9.47 Å². The molecule has 102 valence electrons. The molecule has 19 heavy (non-hydrogen) atoms. The fourth-order valence-electron chi connectivity index (χ4n) is 2.83. The molecule has 1 unspecified atom stereocenters. The highest BCUT2D eigenvalue weighted by atomic mass is 16.7. The van der Waals surface area contributed by atoms with Crippen molar-refractivity contribution in [3.63, 3.8) is 0 Å². The molecule has 0 aromatic heterocycles. The van der Waals surface area contributed by atoms with Gasteiger partial charge >= 0.3 is 0 Å². The highest BCUT2D eigenvalue weighted by molar-refractivity contribution is 5.43. The Kier molecular flexibility index (Phi) is 3.56. The molecule has 0 saturated heterocycles. The van der Waals surface area contributed by atoms with Gasteiger partial charge in [0.25, 0.3) is 0 Å². The van der Waals surface area contributed by atoms with E-state index in [4.69, 9.17) is 14.7 Å². The van der Waals surface area contributed by atoms with Crippen LogP contribution in [0.15, 0.2) is 18.2 Å². The largest absolute Gasteiger partial charge is 0.462 e. The average molecular weight is 259 g/mol. The topological polar surface area (TPSA) is 42.2 Å². The number of rotatable bonds is 3. The highest BCUT2D eigenvalue weighted by Crippen LogP contribution is 2.45. The van der Waals surface area contributed by atoms with E-state index in [1.54, 1.807) is 0 Å². The van der Waals surface area contributed by atoms with Gasteiger partial charge in [-0.05, 0) is 24.0 Å². The Morgan fingerprint density at radius 2 is 2.11 bits per heavy atom. The number of aryl methyl sites for hydroxylation is 1. The molecule has 1 aliphatic rings. The summed E-state index contributed by atoms with van der Waals surface area (Å²) in [6, 6.07) is 8.40. The van der Waals surface area contributed by atoms with Crippen LogP contribution in [0.5, 0.6) is 5.75 Å². The molecule has 1 aromatic carbocycles. The molecule has 3 heteroatoms. The predicted octanol–water partition coefficient (Wildman–Crippen LogP) is 3.70. The first-order chi connectivity index (χ1) is 8.86. The summed E-state index contributed by atoms with van der Waals surface area (Å²) in [5.74, 6) is 0.247. The number of hydrogen-bond donors (Lipinski definition) is 0. The SMILES string of the molecule is Cc1ccc2c(c1)OC(C)(OCCC#N)CC2(C)C. The molecule has 1 aromatic rings. The van der Waals surface area contributed by atoms with E-state index in [-0.39, 0.29) is 5.41 Å². The lowest BCUT2D eigenvalue weighted by molar-refractivity contribution is -0.190. The van der Waals surface area contributed by atoms with Crippen molar-refractivity contribution in [1.82, 2.24) is 0 Å². The van der Waals surface area contributed by atoms with Gasteiger partial charge in [-0.3, -0.25) is 0 Å². The minimum atomic E-state index is -0.652. The lowest BCUT2D eigenvalue weighted by atomic mass is 9.76. The summed E-state index contributed by atoms with van der Waals surface area (Å²) in [6.45, 7) is 8.83. The summed E-state index contributed by atoms with van der Waals surface area (Å²) >= 11 is 0.